The molecule has 0 aliphatic carbocycles. The Bertz CT molecular complexity index is 1760. The van der Waals surface area contributed by atoms with Gasteiger partial charge in [-0.1, -0.05) is 6.07 Å². The molecule has 0 bridgehead atoms. The fourth-order valence-corrected chi connectivity index (χ4v) is 4.42. The van der Waals surface area contributed by atoms with Crippen LogP contribution in [0.15, 0.2) is 80.0 Å². The summed E-state index contributed by atoms with van der Waals surface area (Å²) in [5, 5.41) is 13.8. The van der Waals surface area contributed by atoms with Crippen molar-refractivity contribution in [3.8, 4) is 23.0 Å². The number of fused-ring (bicyclic) bond motifs is 1. The van der Waals surface area contributed by atoms with E-state index in [-0.39, 0.29) is 6.04 Å². The number of H-pyrrole nitrogens is 1. The molecule has 0 aromatic carbocycles. The number of nitrogens with zero attached hydrogens (tertiary/aromatic N) is 10. The SMILES string of the molecule is C[C@@H](c1ccc(-n2cc(F)cn2)nc1)N(C)c1ccc(-c2c(C#N)cnc3nc(N4C=CN(C)C=C4)[nH]c23)cn1. The maximum absolute atomic E-state index is 13.3. The minimum absolute atomic E-state index is 0.0450. The van der Waals surface area contributed by atoms with Crippen molar-refractivity contribution in [2.45, 2.75) is 13.0 Å². The molecule has 12 heteroatoms. The summed E-state index contributed by atoms with van der Waals surface area (Å²) in [6, 6.07) is 9.78. The molecule has 40 heavy (non-hydrogen) atoms. The first-order chi connectivity index (χ1) is 19.4. The first-order valence-electron chi connectivity index (χ1n) is 12.4. The Morgan fingerprint density at radius 2 is 1.82 bits per heavy atom. The Morgan fingerprint density at radius 1 is 1.00 bits per heavy atom. The van der Waals surface area contributed by atoms with Gasteiger partial charge in [-0.25, -0.2) is 24.0 Å². The van der Waals surface area contributed by atoms with Gasteiger partial charge < -0.3 is 14.8 Å². The lowest BCUT2D eigenvalue weighted by Crippen LogP contribution is -2.22. The number of rotatable bonds is 6. The van der Waals surface area contributed by atoms with Crippen LogP contribution in [0.2, 0.25) is 0 Å². The van der Waals surface area contributed by atoms with Crippen molar-refractivity contribution in [2.24, 2.45) is 0 Å². The minimum atomic E-state index is -0.416. The summed E-state index contributed by atoms with van der Waals surface area (Å²) in [7, 11) is 3.89. The van der Waals surface area contributed by atoms with E-state index in [0.717, 1.165) is 23.1 Å². The van der Waals surface area contributed by atoms with Crippen LogP contribution in [0.1, 0.15) is 24.1 Å². The molecule has 0 spiro atoms. The molecule has 0 fully saturated rings. The molecule has 0 saturated carbocycles. The maximum atomic E-state index is 13.3. The number of nitrogens with one attached hydrogen (secondary N) is 1. The summed E-state index contributed by atoms with van der Waals surface area (Å²) >= 11 is 0. The third-order valence-corrected chi connectivity index (χ3v) is 6.82. The largest absolute Gasteiger partial charge is 0.354 e. The average molecular weight is 534 g/mol. The Morgan fingerprint density at radius 3 is 2.48 bits per heavy atom. The molecular weight excluding hydrogens is 509 g/mol. The first-order valence-corrected chi connectivity index (χ1v) is 12.4. The quantitative estimate of drug-likeness (QED) is 0.336. The molecule has 5 aromatic heterocycles. The molecule has 6 heterocycles. The zero-order valence-corrected chi connectivity index (χ0v) is 21.9. The van der Waals surface area contributed by atoms with Crippen LogP contribution in [0, 0.1) is 17.1 Å². The molecule has 0 saturated heterocycles. The number of aromatic nitrogens is 7. The zero-order chi connectivity index (χ0) is 27.8. The van der Waals surface area contributed by atoms with Crippen molar-refractivity contribution in [2.75, 3.05) is 23.9 Å². The van der Waals surface area contributed by atoms with Crippen LogP contribution in [-0.2, 0) is 0 Å². The van der Waals surface area contributed by atoms with Gasteiger partial charge in [0.1, 0.15) is 11.9 Å². The number of halogens is 1. The number of pyridine rings is 3. The Hall–Kier alpha value is -5.57. The number of hydrogen-bond donors (Lipinski definition) is 1. The van der Waals surface area contributed by atoms with Crippen molar-refractivity contribution in [1.29, 1.82) is 5.26 Å². The Labute approximate surface area is 229 Å². The van der Waals surface area contributed by atoms with Gasteiger partial charge in [-0.3, -0.25) is 4.90 Å². The molecule has 0 amide bonds. The van der Waals surface area contributed by atoms with Gasteiger partial charge in [0.15, 0.2) is 17.3 Å². The van der Waals surface area contributed by atoms with Gasteiger partial charge in [0.25, 0.3) is 0 Å². The predicted octanol–water partition coefficient (Wildman–Crippen LogP) is 4.50. The number of anilines is 2. The summed E-state index contributed by atoms with van der Waals surface area (Å²) in [6.07, 6.45) is 15.0. The van der Waals surface area contributed by atoms with Gasteiger partial charge in [-0.15, -0.1) is 0 Å². The smallest absolute Gasteiger partial charge is 0.213 e. The lowest BCUT2D eigenvalue weighted by Gasteiger charge is -2.26. The van der Waals surface area contributed by atoms with Crippen molar-refractivity contribution >= 4 is 22.9 Å². The molecular formula is C28H24FN11. The number of hydrogen-bond acceptors (Lipinski definition) is 9. The van der Waals surface area contributed by atoms with Gasteiger partial charge in [-0.05, 0) is 30.7 Å². The summed E-state index contributed by atoms with van der Waals surface area (Å²) in [5.74, 6) is 1.45. The van der Waals surface area contributed by atoms with E-state index in [1.54, 1.807) is 18.5 Å². The van der Waals surface area contributed by atoms with Crippen LogP contribution < -0.4 is 9.80 Å². The highest BCUT2D eigenvalue weighted by molar-refractivity contribution is 5.94. The van der Waals surface area contributed by atoms with Crippen LogP contribution in [0.3, 0.4) is 0 Å². The highest BCUT2D eigenvalue weighted by Gasteiger charge is 2.19. The summed E-state index contributed by atoms with van der Waals surface area (Å²) in [4.78, 5) is 27.3. The molecule has 1 aliphatic heterocycles. The van der Waals surface area contributed by atoms with E-state index in [2.05, 4.69) is 31.1 Å². The van der Waals surface area contributed by atoms with Gasteiger partial charge in [-0.2, -0.15) is 15.3 Å². The van der Waals surface area contributed by atoms with Crippen LogP contribution in [0.25, 0.3) is 28.1 Å². The van der Waals surface area contributed by atoms with Gasteiger partial charge in [0.05, 0.1) is 29.5 Å². The normalized spacial score (nSPS) is 13.6. The summed E-state index contributed by atoms with van der Waals surface area (Å²) < 4.78 is 14.7. The molecule has 11 nitrogen and oxygen atoms in total. The lowest BCUT2D eigenvalue weighted by molar-refractivity contribution is 0.611. The van der Waals surface area contributed by atoms with E-state index in [4.69, 9.17) is 4.98 Å². The fourth-order valence-electron chi connectivity index (χ4n) is 4.42. The standard InChI is InChI=1S/C28H24FN11/c1-18(19-4-7-24(32-13-19)40-17-22(29)16-34-40)38(3)23-6-5-20(14-31-23)25-21(12-30)15-33-27-26(25)35-28(36-27)39-10-8-37(2)9-11-39/h4-11,13-18H,1-3H3,(H,33,35,36)/t18-/m0/s1. The van der Waals surface area contributed by atoms with Crippen molar-refractivity contribution in [3.63, 3.8) is 0 Å². The number of aromatic amines is 1. The second-order valence-corrected chi connectivity index (χ2v) is 9.33. The Balaban J connectivity index is 1.27. The van der Waals surface area contributed by atoms with Gasteiger partial charge >= 0.3 is 0 Å². The summed E-state index contributed by atoms with van der Waals surface area (Å²) in [5.41, 5.74) is 4.02. The zero-order valence-electron chi connectivity index (χ0n) is 21.9. The topological polar surface area (TPSA) is 119 Å². The number of imidazole rings is 1. The molecule has 198 valence electrons. The van der Waals surface area contributed by atoms with E-state index < -0.39 is 5.82 Å². The highest BCUT2D eigenvalue weighted by Crippen LogP contribution is 2.33. The fraction of sp³-hybridized carbons (Fsp3) is 0.143. The predicted molar refractivity (Wildman–Crippen MR) is 148 cm³/mol. The molecule has 0 unspecified atom stereocenters. The second-order valence-electron chi connectivity index (χ2n) is 9.33. The average Bonchev–Trinajstić information content (AvgIpc) is 3.63. The van der Waals surface area contributed by atoms with Crippen molar-refractivity contribution < 1.29 is 4.39 Å². The van der Waals surface area contributed by atoms with E-state index in [9.17, 15) is 9.65 Å². The van der Waals surface area contributed by atoms with Crippen LogP contribution >= 0.6 is 0 Å². The molecule has 1 atom stereocenters. The van der Waals surface area contributed by atoms with Crippen molar-refractivity contribution in [1.82, 2.24) is 39.6 Å². The van der Waals surface area contributed by atoms with Crippen LogP contribution in [-0.4, -0.2) is 53.7 Å². The maximum Gasteiger partial charge on any atom is 0.213 e. The summed E-state index contributed by atoms with van der Waals surface area (Å²) in [6.45, 7) is 2.05. The van der Waals surface area contributed by atoms with Gasteiger partial charge in [0.2, 0.25) is 5.95 Å². The molecule has 6 rings (SSSR count). The van der Waals surface area contributed by atoms with E-state index in [1.165, 1.54) is 17.1 Å². The lowest BCUT2D eigenvalue weighted by atomic mass is 10.0. The van der Waals surface area contributed by atoms with Gasteiger partial charge in [0, 0.05) is 68.6 Å². The third-order valence-electron chi connectivity index (χ3n) is 6.82. The molecule has 1 aliphatic rings. The van der Waals surface area contributed by atoms with E-state index in [0.29, 0.717) is 34.1 Å². The molecule has 1 N–H and O–H groups in total. The molecule has 0 radical (unpaired) electrons. The van der Waals surface area contributed by atoms with Crippen molar-refractivity contribution in [3.05, 3.63) is 97.0 Å². The number of nitriles is 1. The Kier molecular flexibility index (Phi) is 6.16. The minimum Gasteiger partial charge on any atom is -0.354 e. The van der Waals surface area contributed by atoms with E-state index >= 15 is 0 Å². The highest BCUT2D eigenvalue weighted by atomic mass is 19.1. The monoisotopic (exact) mass is 533 g/mol. The second kappa shape index (κ2) is 9.95. The third kappa shape index (κ3) is 4.49. The van der Waals surface area contributed by atoms with E-state index in [1.807, 2.05) is 78.7 Å². The van der Waals surface area contributed by atoms with Crippen LogP contribution in [0.5, 0.6) is 0 Å². The van der Waals surface area contributed by atoms with Crippen LogP contribution in [0.4, 0.5) is 16.2 Å². The first kappa shape index (κ1) is 24.7. The molecule has 5 aromatic rings.